The van der Waals surface area contributed by atoms with Gasteiger partial charge in [0.1, 0.15) is 83.3 Å². The zero-order chi connectivity index (χ0) is 51.5. The lowest BCUT2D eigenvalue weighted by atomic mass is 9.84. The Balaban J connectivity index is 1.26. The molecule has 12 rings (SSSR count). The molecule has 0 nitrogen and oxygen atoms in total. The summed E-state index contributed by atoms with van der Waals surface area (Å²) in [5.74, 6) is 0. The van der Waals surface area contributed by atoms with Crippen LogP contribution in [0.5, 0.6) is 0 Å². The highest BCUT2D eigenvalue weighted by Crippen LogP contribution is 2.94. The standard InChI is InChI=1S/C72H64P4/c1-71(74(62-37-17-5-18-38-62,63-39-19-6-20-40-63)64-41-21-7-22-42-64)57-72(58-71,75(65-43-23-8-24-44-65,66-45-25-9-26-46-66)67-47-27-10-28-48-67)76(68-49-29-11-30-50-68,69-51-31-12-32-52-69)70-55-53-61(54-56-70)73(2,59-33-13-3-14-34-59)60-35-15-4-16-36-60/h3-56H,57-58H2,1-2H3/q+4. The van der Waals surface area contributed by atoms with Gasteiger partial charge in [-0.3, -0.25) is 0 Å². The summed E-state index contributed by atoms with van der Waals surface area (Å²) in [5.41, 5.74) is 0. The van der Waals surface area contributed by atoms with E-state index in [0.717, 1.165) is 12.8 Å². The molecule has 0 amide bonds. The summed E-state index contributed by atoms with van der Waals surface area (Å²) in [5, 5.41) is 16.8. The fraction of sp³-hybridized carbons (Fsp3) is 0.0833. The van der Waals surface area contributed by atoms with Gasteiger partial charge in [-0.2, -0.15) is 0 Å². The fourth-order valence-electron chi connectivity index (χ4n) is 13.9. The van der Waals surface area contributed by atoms with Crippen LogP contribution >= 0.6 is 29.0 Å². The Morgan fingerprint density at radius 3 is 0.592 bits per heavy atom. The quantitative estimate of drug-likeness (QED) is 0.0898. The molecule has 76 heavy (non-hydrogen) atoms. The maximum atomic E-state index is 2.71. The molecule has 4 heteroatoms. The molecule has 0 bridgehead atoms. The average molecular weight is 1050 g/mol. The molecular formula is C72H64P4+4. The van der Waals surface area contributed by atoms with Crippen molar-refractivity contribution in [1.82, 2.24) is 0 Å². The van der Waals surface area contributed by atoms with Gasteiger partial charge in [0.2, 0.25) is 4.90 Å². The molecule has 0 unspecified atom stereocenters. The SMILES string of the molecule is CC1([P+](c2ccccc2)(c2ccccc2)c2ccccc2)CC([P+](c2ccccc2)(c2ccccc2)c2ccccc2)([P+](c2ccccc2)(c2ccccc2)c2ccc([P+](C)(c3ccccc3)c3ccccc3)cc2)C1. The van der Waals surface area contributed by atoms with E-state index in [-0.39, 0.29) is 10.1 Å². The summed E-state index contributed by atoms with van der Waals surface area (Å²) in [7, 11) is -10.2. The van der Waals surface area contributed by atoms with Crippen LogP contribution in [0.3, 0.4) is 0 Å². The van der Waals surface area contributed by atoms with Crippen LogP contribution in [0, 0.1) is 0 Å². The second-order valence-electron chi connectivity index (χ2n) is 20.7. The Morgan fingerprint density at radius 2 is 0.368 bits per heavy atom. The van der Waals surface area contributed by atoms with Gasteiger partial charge in [0, 0.05) is 0 Å². The third kappa shape index (κ3) is 7.79. The van der Waals surface area contributed by atoms with E-state index in [9.17, 15) is 0 Å². The molecule has 0 radical (unpaired) electrons. The number of benzene rings is 11. The highest BCUT2D eigenvalue weighted by Gasteiger charge is 2.89. The molecule has 1 aliphatic rings. The molecule has 368 valence electrons. The van der Waals surface area contributed by atoms with Crippen LogP contribution in [-0.4, -0.2) is 16.7 Å². The summed E-state index contributed by atoms with van der Waals surface area (Å²) >= 11 is 0. The fourth-order valence-corrected chi connectivity index (χ4v) is 37.8. The Kier molecular flexibility index (Phi) is 13.8. The van der Waals surface area contributed by atoms with Crippen molar-refractivity contribution in [2.45, 2.75) is 29.8 Å². The summed E-state index contributed by atoms with van der Waals surface area (Å²) in [6.45, 7) is 5.24. The molecule has 11 aromatic carbocycles. The van der Waals surface area contributed by atoms with Gasteiger partial charge >= 0.3 is 0 Å². The predicted octanol–water partition coefficient (Wildman–Crippen LogP) is 13.1. The van der Waals surface area contributed by atoms with Gasteiger partial charge in [0.05, 0.1) is 19.5 Å². The van der Waals surface area contributed by atoms with Crippen LogP contribution in [-0.2, 0) is 0 Å². The first-order chi connectivity index (χ1) is 37.4. The minimum Gasteiger partial charge on any atom is -0.0620 e. The Labute approximate surface area is 454 Å². The lowest BCUT2D eigenvalue weighted by molar-refractivity contribution is 0.358. The van der Waals surface area contributed by atoms with E-state index in [4.69, 9.17) is 0 Å². The van der Waals surface area contributed by atoms with E-state index in [1.54, 1.807) is 0 Å². The normalized spacial score (nSPS) is 16.8. The van der Waals surface area contributed by atoms with Crippen molar-refractivity contribution in [2.75, 3.05) is 6.66 Å². The van der Waals surface area contributed by atoms with E-state index in [1.165, 1.54) is 63.7 Å². The third-order valence-electron chi connectivity index (χ3n) is 16.8. The number of hydrogen-bond acceptors (Lipinski definition) is 0. The molecule has 0 heterocycles. The molecule has 0 spiro atoms. The van der Waals surface area contributed by atoms with Crippen LogP contribution in [0.1, 0.15) is 19.8 Å². The highest BCUT2D eigenvalue weighted by atomic mass is 31.2. The van der Waals surface area contributed by atoms with Crippen LogP contribution in [0.15, 0.2) is 328 Å². The first kappa shape index (κ1) is 50.0. The van der Waals surface area contributed by atoms with Gasteiger partial charge in [-0.05, 0) is 153 Å². The summed E-state index contributed by atoms with van der Waals surface area (Å²) in [4.78, 5) is -0.385. The van der Waals surface area contributed by atoms with Crippen LogP contribution in [0.2, 0.25) is 0 Å². The minimum atomic E-state index is -2.87. The van der Waals surface area contributed by atoms with E-state index in [0.29, 0.717) is 0 Å². The monoisotopic (exact) mass is 1050 g/mol. The predicted molar refractivity (Wildman–Crippen MR) is 340 cm³/mol. The van der Waals surface area contributed by atoms with Crippen molar-refractivity contribution in [2.24, 2.45) is 0 Å². The summed E-state index contributed by atoms with van der Waals surface area (Å²) < 4.78 is 0. The zero-order valence-electron chi connectivity index (χ0n) is 43.4. The molecule has 0 atom stereocenters. The average Bonchev–Trinajstić information content (AvgIpc) is 3.60. The topological polar surface area (TPSA) is 0 Å². The molecule has 0 N–H and O–H groups in total. The van der Waals surface area contributed by atoms with E-state index >= 15 is 0 Å². The van der Waals surface area contributed by atoms with Crippen molar-refractivity contribution in [3.05, 3.63) is 328 Å². The Morgan fingerprint density at radius 1 is 0.211 bits per heavy atom. The molecule has 0 aromatic heterocycles. The molecule has 1 aliphatic carbocycles. The van der Waals surface area contributed by atoms with Crippen molar-refractivity contribution in [3.63, 3.8) is 0 Å². The Hall–Kier alpha value is -6.86. The molecule has 11 aromatic rings. The van der Waals surface area contributed by atoms with Gasteiger partial charge in [0.15, 0.2) is 14.5 Å². The summed E-state index contributed by atoms with van der Waals surface area (Å²) in [6, 6.07) is 127. The smallest absolute Gasteiger partial charge is 0.0620 e. The Bertz CT molecular complexity index is 3340. The maximum absolute atomic E-state index is 2.87. The highest BCUT2D eigenvalue weighted by molar-refractivity contribution is 8.12. The number of hydrogen-bond donors (Lipinski definition) is 0. The lowest BCUT2D eigenvalue weighted by Gasteiger charge is -2.62. The molecule has 1 saturated carbocycles. The summed E-state index contributed by atoms with van der Waals surface area (Å²) in [6.07, 6.45) is 1.94. The molecule has 0 aliphatic heterocycles. The first-order valence-electron chi connectivity index (χ1n) is 26.6. The van der Waals surface area contributed by atoms with Crippen LogP contribution < -0.4 is 63.7 Å². The zero-order valence-corrected chi connectivity index (χ0v) is 47.0. The van der Waals surface area contributed by atoms with Gasteiger partial charge in [-0.15, -0.1) is 0 Å². The second-order valence-corrected chi connectivity index (χ2v) is 36.1. The first-order valence-corrected chi connectivity index (χ1v) is 34.2. The van der Waals surface area contributed by atoms with Crippen LogP contribution in [0.25, 0.3) is 0 Å². The molecule has 1 fully saturated rings. The van der Waals surface area contributed by atoms with Crippen LogP contribution in [0.4, 0.5) is 0 Å². The van der Waals surface area contributed by atoms with Crippen molar-refractivity contribution < 1.29 is 0 Å². The van der Waals surface area contributed by atoms with E-state index in [2.05, 4.69) is 341 Å². The van der Waals surface area contributed by atoms with Gasteiger partial charge in [-0.25, -0.2) is 0 Å². The van der Waals surface area contributed by atoms with Gasteiger partial charge in [-0.1, -0.05) is 182 Å². The minimum absolute atomic E-state index is 0.222. The largest absolute Gasteiger partial charge is 0.214 e. The van der Waals surface area contributed by atoms with Gasteiger partial charge in [0.25, 0.3) is 0 Å². The van der Waals surface area contributed by atoms with E-state index < -0.39 is 29.0 Å². The van der Waals surface area contributed by atoms with Gasteiger partial charge < -0.3 is 0 Å². The number of rotatable bonds is 15. The maximum Gasteiger partial charge on any atom is 0.214 e. The van der Waals surface area contributed by atoms with E-state index in [1.807, 2.05) is 0 Å². The van der Waals surface area contributed by atoms with Crippen molar-refractivity contribution in [3.8, 4) is 0 Å². The second kappa shape index (κ2) is 20.9. The van der Waals surface area contributed by atoms with Crippen molar-refractivity contribution in [1.29, 1.82) is 0 Å². The van der Waals surface area contributed by atoms with Crippen molar-refractivity contribution >= 4 is 92.7 Å². The molecule has 0 saturated heterocycles. The molecular weight excluding hydrogens is 989 g/mol. The third-order valence-corrected chi connectivity index (χ3v) is 37.3. The lowest BCUT2D eigenvalue weighted by Crippen LogP contribution is -2.69.